The Balaban J connectivity index is 2.44. The van der Waals surface area contributed by atoms with Gasteiger partial charge in [-0.25, -0.2) is 0 Å². The number of anilines is 1. The molecule has 0 saturated heterocycles. The highest BCUT2D eigenvalue weighted by Crippen LogP contribution is 2.20. The standard InChI is InChI=1S/C12H17F3N2O/c1-17(7-6-12(13,14)15)8-11(18)9-2-4-10(16)5-3-9/h2-5,11,18H,6-8,16H2,1H3. The van der Waals surface area contributed by atoms with Crippen LogP contribution in [0.25, 0.3) is 0 Å². The van der Waals surface area contributed by atoms with E-state index >= 15 is 0 Å². The predicted octanol–water partition coefficient (Wildman–Crippen LogP) is 2.19. The first-order valence-corrected chi connectivity index (χ1v) is 5.57. The fourth-order valence-corrected chi connectivity index (χ4v) is 1.53. The third-order valence-corrected chi connectivity index (χ3v) is 2.58. The molecule has 0 bridgehead atoms. The van der Waals surface area contributed by atoms with Crippen molar-refractivity contribution in [2.75, 3.05) is 25.9 Å². The van der Waals surface area contributed by atoms with Gasteiger partial charge in [0.25, 0.3) is 0 Å². The summed E-state index contributed by atoms with van der Waals surface area (Å²) in [7, 11) is 1.55. The Hall–Kier alpha value is -1.27. The molecule has 102 valence electrons. The van der Waals surface area contributed by atoms with Crippen molar-refractivity contribution in [3.63, 3.8) is 0 Å². The zero-order chi connectivity index (χ0) is 13.8. The number of aliphatic hydroxyl groups excluding tert-OH is 1. The maximum atomic E-state index is 12.0. The number of likely N-dealkylation sites (N-methyl/N-ethyl adjacent to an activating group) is 1. The third-order valence-electron chi connectivity index (χ3n) is 2.58. The molecule has 0 amide bonds. The summed E-state index contributed by atoms with van der Waals surface area (Å²) in [6.07, 6.45) is -5.86. The molecule has 18 heavy (non-hydrogen) atoms. The summed E-state index contributed by atoms with van der Waals surface area (Å²) in [5.74, 6) is 0. The zero-order valence-electron chi connectivity index (χ0n) is 10.1. The predicted molar refractivity (Wildman–Crippen MR) is 64.0 cm³/mol. The van der Waals surface area contributed by atoms with Crippen LogP contribution in [0.15, 0.2) is 24.3 Å². The SMILES string of the molecule is CN(CCC(F)(F)F)CC(O)c1ccc(N)cc1. The highest BCUT2D eigenvalue weighted by molar-refractivity contribution is 5.39. The fourth-order valence-electron chi connectivity index (χ4n) is 1.53. The molecule has 0 heterocycles. The minimum Gasteiger partial charge on any atom is -0.399 e. The number of nitrogens with zero attached hydrogens (tertiary/aromatic N) is 1. The molecule has 0 aromatic heterocycles. The summed E-state index contributed by atoms with van der Waals surface area (Å²) in [6, 6.07) is 6.62. The smallest absolute Gasteiger partial charge is 0.390 e. The maximum absolute atomic E-state index is 12.0. The summed E-state index contributed by atoms with van der Waals surface area (Å²) >= 11 is 0. The molecule has 1 atom stereocenters. The number of aliphatic hydroxyl groups is 1. The number of nitrogens with two attached hydrogens (primary N) is 1. The number of alkyl halides is 3. The van der Waals surface area contributed by atoms with Crippen molar-refractivity contribution >= 4 is 5.69 Å². The molecule has 0 spiro atoms. The molecule has 0 aliphatic heterocycles. The minimum atomic E-state index is -4.17. The summed E-state index contributed by atoms with van der Waals surface area (Å²) < 4.78 is 36.1. The van der Waals surface area contributed by atoms with E-state index in [1.54, 1.807) is 31.3 Å². The zero-order valence-corrected chi connectivity index (χ0v) is 10.1. The van der Waals surface area contributed by atoms with Crippen molar-refractivity contribution in [1.29, 1.82) is 0 Å². The highest BCUT2D eigenvalue weighted by Gasteiger charge is 2.27. The van der Waals surface area contributed by atoms with Gasteiger partial charge in [-0.2, -0.15) is 13.2 Å². The van der Waals surface area contributed by atoms with Crippen molar-refractivity contribution < 1.29 is 18.3 Å². The van der Waals surface area contributed by atoms with E-state index in [-0.39, 0.29) is 13.1 Å². The second-order valence-electron chi connectivity index (χ2n) is 4.31. The number of hydrogen-bond donors (Lipinski definition) is 2. The van der Waals surface area contributed by atoms with Crippen LogP contribution in [-0.4, -0.2) is 36.3 Å². The largest absolute Gasteiger partial charge is 0.399 e. The van der Waals surface area contributed by atoms with Crippen molar-refractivity contribution in [3.8, 4) is 0 Å². The van der Waals surface area contributed by atoms with E-state index in [1.807, 2.05) is 0 Å². The lowest BCUT2D eigenvalue weighted by atomic mass is 10.1. The number of hydrogen-bond acceptors (Lipinski definition) is 3. The monoisotopic (exact) mass is 262 g/mol. The van der Waals surface area contributed by atoms with Crippen molar-refractivity contribution in [2.24, 2.45) is 0 Å². The average molecular weight is 262 g/mol. The molecular formula is C12H17F3N2O. The van der Waals surface area contributed by atoms with E-state index in [9.17, 15) is 18.3 Å². The Morgan fingerprint density at radius 3 is 2.33 bits per heavy atom. The first-order chi connectivity index (χ1) is 8.28. The van der Waals surface area contributed by atoms with E-state index in [0.29, 0.717) is 11.3 Å². The molecule has 0 aliphatic carbocycles. The number of rotatable bonds is 5. The number of nitrogen functional groups attached to an aromatic ring is 1. The molecule has 1 aromatic carbocycles. The van der Waals surface area contributed by atoms with Gasteiger partial charge in [-0.15, -0.1) is 0 Å². The molecule has 0 saturated carbocycles. The van der Waals surface area contributed by atoms with Gasteiger partial charge in [0.1, 0.15) is 0 Å². The van der Waals surface area contributed by atoms with Gasteiger partial charge >= 0.3 is 6.18 Å². The highest BCUT2D eigenvalue weighted by atomic mass is 19.4. The van der Waals surface area contributed by atoms with Gasteiger partial charge in [-0.05, 0) is 24.7 Å². The molecule has 0 aliphatic rings. The van der Waals surface area contributed by atoms with Crippen LogP contribution in [0.5, 0.6) is 0 Å². The lowest BCUT2D eigenvalue weighted by Gasteiger charge is -2.21. The lowest BCUT2D eigenvalue weighted by molar-refractivity contribution is -0.137. The van der Waals surface area contributed by atoms with Gasteiger partial charge in [-0.1, -0.05) is 12.1 Å². The number of benzene rings is 1. The lowest BCUT2D eigenvalue weighted by Crippen LogP contribution is -2.28. The molecule has 0 fully saturated rings. The van der Waals surface area contributed by atoms with Crippen LogP contribution < -0.4 is 5.73 Å². The Morgan fingerprint density at radius 1 is 1.28 bits per heavy atom. The van der Waals surface area contributed by atoms with Gasteiger partial charge < -0.3 is 15.7 Å². The maximum Gasteiger partial charge on any atom is 0.390 e. The second-order valence-corrected chi connectivity index (χ2v) is 4.31. The van der Waals surface area contributed by atoms with Crippen LogP contribution in [0.1, 0.15) is 18.1 Å². The van der Waals surface area contributed by atoms with Gasteiger partial charge in [0.05, 0.1) is 12.5 Å². The van der Waals surface area contributed by atoms with Crippen molar-refractivity contribution in [2.45, 2.75) is 18.7 Å². The molecule has 1 unspecified atom stereocenters. The van der Waals surface area contributed by atoms with E-state index in [0.717, 1.165) is 0 Å². The van der Waals surface area contributed by atoms with Crippen LogP contribution >= 0.6 is 0 Å². The first kappa shape index (κ1) is 14.8. The van der Waals surface area contributed by atoms with Crippen LogP contribution in [0, 0.1) is 0 Å². The van der Waals surface area contributed by atoms with Crippen LogP contribution in [0.4, 0.5) is 18.9 Å². The van der Waals surface area contributed by atoms with Gasteiger partial charge in [0.2, 0.25) is 0 Å². The van der Waals surface area contributed by atoms with E-state index in [1.165, 1.54) is 4.90 Å². The van der Waals surface area contributed by atoms with Crippen LogP contribution in [0.2, 0.25) is 0 Å². The molecule has 3 nitrogen and oxygen atoms in total. The quantitative estimate of drug-likeness (QED) is 0.800. The summed E-state index contributed by atoms with van der Waals surface area (Å²) in [5.41, 5.74) is 6.73. The Kier molecular flexibility index (Phi) is 4.98. The summed E-state index contributed by atoms with van der Waals surface area (Å²) in [5, 5.41) is 9.85. The van der Waals surface area contributed by atoms with E-state index in [2.05, 4.69) is 0 Å². The number of halogens is 3. The van der Waals surface area contributed by atoms with Gasteiger partial charge in [0.15, 0.2) is 0 Å². The Morgan fingerprint density at radius 2 is 1.83 bits per heavy atom. The van der Waals surface area contributed by atoms with Gasteiger partial charge in [0, 0.05) is 18.8 Å². The molecule has 1 rings (SSSR count). The molecular weight excluding hydrogens is 245 g/mol. The third kappa shape index (κ3) is 5.37. The topological polar surface area (TPSA) is 49.5 Å². The Bertz CT molecular complexity index is 365. The van der Waals surface area contributed by atoms with Gasteiger partial charge in [-0.3, -0.25) is 0 Å². The normalized spacial score (nSPS) is 13.9. The molecule has 1 aromatic rings. The molecule has 3 N–H and O–H groups in total. The average Bonchev–Trinajstić information content (AvgIpc) is 2.26. The summed E-state index contributed by atoms with van der Waals surface area (Å²) in [4.78, 5) is 1.45. The fraction of sp³-hybridized carbons (Fsp3) is 0.500. The first-order valence-electron chi connectivity index (χ1n) is 5.57. The van der Waals surface area contributed by atoms with Crippen molar-refractivity contribution in [3.05, 3.63) is 29.8 Å². The van der Waals surface area contributed by atoms with Crippen LogP contribution in [-0.2, 0) is 0 Å². The second kappa shape index (κ2) is 6.06. The Labute approximate surface area is 104 Å². The van der Waals surface area contributed by atoms with Crippen LogP contribution in [0.3, 0.4) is 0 Å². The van der Waals surface area contributed by atoms with Crippen molar-refractivity contribution in [1.82, 2.24) is 4.90 Å². The molecule has 6 heteroatoms. The minimum absolute atomic E-state index is 0.129. The molecule has 0 radical (unpaired) electrons. The van der Waals surface area contributed by atoms with E-state index < -0.39 is 18.7 Å². The van der Waals surface area contributed by atoms with E-state index in [4.69, 9.17) is 5.73 Å². The summed E-state index contributed by atoms with van der Waals surface area (Å²) in [6.45, 7) is 0.0233.